The summed E-state index contributed by atoms with van der Waals surface area (Å²) in [5.74, 6) is -0.359. The van der Waals surface area contributed by atoms with Gasteiger partial charge in [-0.25, -0.2) is 4.79 Å². The van der Waals surface area contributed by atoms with Crippen LogP contribution in [-0.2, 0) is 9.53 Å². The molecular formula is C5H14N2O2. The van der Waals surface area contributed by atoms with E-state index in [1.54, 1.807) is 6.92 Å². The molecule has 0 atom stereocenters. The van der Waals surface area contributed by atoms with Crippen molar-refractivity contribution in [2.75, 3.05) is 6.61 Å². The van der Waals surface area contributed by atoms with E-state index in [9.17, 15) is 4.79 Å². The van der Waals surface area contributed by atoms with Crippen LogP contribution in [0.15, 0.2) is 12.7 Å². The first-order chi connectivity index (χ1) is 3.31. The maximum absolute atomic E-state index is 10.1. The molecule has 0 fully saturated rings. The highest BCUT2D eigenvalue weighted by Crippen LogP contribution is 1.74. The SMILES string of the molecule is C=CC(=O)OCC.N.N. The molecule has 0 rings (SSSR count). The van der Waals surface area contributed by atoms with Crippen LogP contribution in [-0.4, -0.2) is 12.6 Å². The fraction of sp³-hybridized carbons (Fsp3) is 0.400. The van der Waals surface area contributed by atoms with Gasteiger partial charge in [0.15, 0.2) is 0 Å². The van der Waals surface area contributed by atoms with Gasteiger partial charge in [0, 0.05) is 6.08 Å². The van der Waals surface area contributed by atoms with Gasteiger partial charge < -0.3 is 17.0 Å². The van der Waals surface area contributed by atoms with Gasteiger partial charge >= 0.3 is 5.97 Å². The Morgan fingerprint density at radius 3 is 2.22 bits per heavy atom. The van der Waals surface area contributed by atoms with Crippen molar-refractivity contribution < 1.29 is 9.53 Å². The van der Waals surface area contributed by atoms with E-state index in [1.165, 1.54) is 0 Å². The second-order valence-corrected chi connectivity index (χ2v) is 0.956. The summed E-state index contributed by atoms with van der Waals surface area (Å²) in [6.45, 7) is 5.38. The number of rotatable bonds is 2. The smallest absolute Gasteiger partial charge is 0.330 e. The highest BCUT2D eigenvalue weighted by atomic mass is 16.5. The van der Waals surface area contributed by atoms with Gasteiger partial charge in [-0.15, -0.1) is 0 Å². The van der Waals surface area contributed by atoms with Crippen LogP contribution in [0.3, 0.4) is 0 Å². The van der Waals surface area contributed by atoms with Crippen molar-refractivity contribution in [3.63, 3.8) is 0 Å². The molecule has 0 aromatic heterocycles. The quantitative estimate of drug-likeness (QED) is 0.436. The van der Waals surface area contributed by atoms with Crippen molar-refractivity contribution >= 4 is 5.97 Å². The molecule has 0 aliphatic rings. The lowest BCUT2D eigenvalue weighted by Crippen LogP contribution is -1.97. The Bertz CT molecular complexity index is 83.0. The Kier molecular flexibility index (Phi) is 17.8. The topological polar surface area (TPSA) is 96.3 Å². The molecule has 6 N–H and O–H groups in total. The minimum atomic E-state index is -0.359. The van der Waals surface area contributed by atoms with Crippen molar-refractivity contribution in [1.82, 2.24) is 12.3 Å². The molecule has 0 aliphatic heterocycles. The van der Waals surface area contributed by atoms with Crippen molar-refractivity contribution in [3.05, 3.63) is 12.7 Å². The Morgan fingerprint density at radius 2 is 2.11 bits per heavy atom. The molecule has 0 saturated heterocycles. The third kappa shape index (κ3) is 11.0. The van der Waals surface area contributed by atoms with Crippen LogP contribution >= 0.6 is 0 Å². The first kappa shape index (κ1) is 15.7. The van der Waals surface area contributed by atoms with Crippen LogP contribution in [0, 0.1) is 0 Å². The second kappa shape index (κ2) is 10.2. The summed E-state index contributed by atoms with van der Waals surface area (Å²) in [6, 6.07) is 0. The van der Waals surface area contributed by atoms with E-state index in [-0.39, 0.29) is 18.3 Å². The third-order valence-corrected chi connectivity index (χ3v) is 0.453. The largest absolute Gasteiger partial charge is 0.463 e. The monoisotopic (exact) mass is 134 g/mol. The minimum absolute atomic E-state index is 0. The highest BCUT2D eigenvalue weighted by molar-refractivity contribution is 5.81. The molecule has 0 amide bonds. The van der Waals surface area contributed by atoms with Gasteiger partial charge in [0.05, 0.1) is 6.61 Å². The van der Waals surface area contributed by atoms with Gasteiger partial charge in [-0.05, 0) is 6.92 Å². The van der Waals surface area contributed by atoms with Crippen molar-refractivity contribution in [3.8, 4) is 0 Å². The molecular weight excluding hydrogens is 120 g/mol. The van der Waals surface area contributed by atoms with Gasteiger partial charge in [-0.2, -0.15) is 0 Å². The van der Waals surface area contributed by atoms with Gasteiger partial charge in [-0.3, -0.25) is 0 Å². The van der Waals surface area contributed by atoms with Crippen LogP contribution in [0.2, 0.25) is 0 Å². The molecule has 9 heavy (non-hydrogen) atoms. The van der Waals surface area contributed by atoms with E-state index in [1.807, 2.05) is 0 Å². The molecule has 4 heteroatoms. The summed E-state index contributed by atoms with van der Waals surface area (Å²) < 4.78 is 4.43. The number of ether oxygens (including phenoxy) is 1. The summed E-state index contributed by atoms with van der Waals surface area (Å²) in [5, 5.41) is 0. The first-order valence-electron chi connectivity index (χ1n) is 2.10. The molecule has 0 unspecified atom stereocenters. The number of hydrogen-bond donors (Lipinski definition) is 2. The molecule has 0 aromatic rings. The molecule has 56 valence electrons. The number of carbonyl (C=O) groups is 1. The van der Waals surface area contributed by atoms with Crippen LogP contribution in [0.5, 0.6) is 0 Å². The Balaban J connectivity index is -0.000000180. The Hall–Kier alpha value is -0.870. The standard InChI is InChI=1S/C5H8O2.2H3N/c1-3-5(6)7-4-2;;/h3H,1,4H2,2H3;2*1H3. The molecule has 0 heterocycles. The predicted molar refractivity (Wildman–Crippen MR) is 36.9 cm³/mol. The molecule has 0 radical (unpaired) electrons. The number of carbonyl (C=O) groups excluding carboxylic acids is 1. The van der Waals surface area contributed by atoms with E-state index in [4.69, 9.17) is 0 Å². The van der Waals surface area contributed by atoms with Crippen LogP contribution in [0.1, 0.15) is 6.92 Å². The Labute approximate surface area is 55.1 Å². The maximum atomic E-state index is 10.1. The lowest BCUT2D eigenvalue weighted by Gasteiger charge is -1.90. The maximum Gasteiger partial charge on any atom is 0.330 e. The molecule has 0 bridgehead atoms. The van der Waals surface area contributed by atoms with Crippen LogP contribution in [0.25, 0.3) is 0 Å². The zero-order chi connectivity index (χ0) is 5.70. The fourth-order valence-electron chi connectivity index (χ4n) is 0.201. The van der Waals surface area contributed by atoms with Crippen molar-refractivity contribution in [2.45, 2.75) is 6.92 Å². The van der Waals surface area contributed by atoms with Crippen LogP contribution < -0.4 is 12.3 Å². The summed E-state index contributed by atoms with van der Waals surface area (Å²) in [6.07, 6.45) is 1.14. The number of hydrogen-bond acceptors (Lipinski definition) is 4. The van der Waals surface area contributed by atoms with Gasteiger partial charge in [0.25, 0.3) is 0 Å². The molecule has 0 aliphatic carbocycles. The summed E-state index contributed by atoms with van der Waals surface area (Å²) >= 11 is 0. The normalized spacial score (nSPS) is 5.89. The van der Waals surface area contributed by atoms with Gasteiger partial charge in [0.2, 0.25) is 0 Å². The van der Waals surface area contributed by atoms with Crippen molar-refractivity contribution in [2.24, 2.45) is 0 Å². The summed E-state index contributed by atoms with van der Waals surface area (Å²) in [5.41, 5.74) is 0. The summed E-state index contributed by atoms with van der Waals surface area (Å²) in [7, 11) is 0. The second-order valence-electron chi connectivity index (χ2n) is 0.956. The zero-order valence-corrected chi connectivity index (χ0v) is 5.72. The van der Waals surface area contributed by atoms with Gasteiger partial charge in [-0.1, -0.05) is 6.58 Å². The van der Waals surface area contributed by atoms with Gasteiger partial charge in [0.1, 0.15) is 0 Å². The highest BCUT2D eigenvalue weighted by Gasteiger charge is 1.86. The van der Waals surface area contributed by atoms with Crippen LogP contribution in [0.4, 0.5) is 0 Å². The minimum Gasteiger partial charge on any atom is -0.463 e. The first-order valence-corrected chi connectivity index (χ1v) is 2.10. The van der Waals surface area contributed by atoms with E-state index >= 15 is 0 Å². The molecule has 0 aromatic carbocycles. The average Bonchev–Trinajstić information content (AvgIpc) is 1.68. The summed E-state index contributed by atoms with van der Waals surface area (Å²) in [4.78, 5) is 10.1. The lowest BCUT2D eigenvalue weighted by atomic mass is 10.6. The number of esters is 1. The molecule has 0 saturated carbocycles. The third-order valence-electron chi connectivity index (χ3n) is 0.453. The van der Waals surface area contributed by atoms with E-state index in [0.717, 1.165) is 6.08 Å². The molecule has 4 nitrogen and oxygen atoms in total. The van der Waals surface area contributed by atoms with E-state index < -0.39 is 0 Å². The average molecular weight is 134 g/mol. The Morgan fingerprint density at radius 1 is 1.67 bits per heavy atom. The van der Waals surface area contributed by atoms with E-state index in [2.05, 4.69) is 11.3 Å². The fourth-order valence-corrected chi connectivity index (χ4v) is 0.201. The molecule has 0 spiro atoms. The predicted octanol–water partition coefficient (Wildman–Crippen LogP) is 1.06. The zero-order valence-electron chi connectivity index (χ0n) is 5.72. The van der Waals surface area contributed by atoms with Crippen molar-refractivity contribution in [1.29, 1.82) is 0 Å². The van der Waals surface area contributed by atoms with E-state index in [0.29, 0.717) is 6.61 Å². The lowest BCUT2D eigenvalue weighted by molar-refractivity contribution is -0.137.